The lowest BCUT2D eigenvalue weighted by Crippen LogP contribution is -2.50. The average molecular weight is 445 g/mol. The highest BCUT2D eigenvalue weighted by atomic mass is 16.5. The molecule has 0 atom stereocenters. The van der Waals surface area contributed by atoms with Crippen LogP contribution in [0.4, 0.5) is 0 Å². The van der Waals surface area contributed by atoms with Gasteiger partial charge in [-0.3, -0.25) is 19.6 Å². The van der Waals surface area contributed by atoms with Crippen LogP contribution in [0.3, 0.4) is 0 Å². The van der Waals surface area contributed by atoms with Crippen LogP contribution in [0, 0.1) is 0 Å². The maximum atomic E-state index is 12.8. The molecule has 9 nitrogen and oxygen atoms in total. The average Bonchev–Trinajstić information content (AvgIpc) is 3.22. The summed E-state index contributed by atoms with van der Waals surface area (Å²) < 4.78 is 5.29. The lowest BCUT2D eigenvalue weighted by atomic mass is 10.1. The van der Waals surface area contributed by atoms with E-state index in [9.17, 15) is 14.4 Å². The zero-order valence-electron chi connectivity index (χ0n) is 18.6. The molecule has 1 saturated heterocycles. The van der Waals surface area contributed by atoms with Gasteiger partial charge in [0.25, 0.3) is 0 Å². The van der Waals surface area contributed by atoms with Crippen LogP contribution in [0.15, 0.2) is 24.4 Å². The van der Waals surface area contributed by atoms with Crippen molar-refractivity contribution in [2.75, 3.05) is 33.3 Å². The lowest BCUT2D eigenvalue weighted by molar-refractivity contribution is -0.139. The first-order valence-corrected chi connectivity index (χ1v) is 11.1. The number of hydrogen-bond donors (Lipinski definition) is 3. The highest BCUT2D eigenvalue weighted by molar-refractivity contribution is 5.90. The zero-order chi connectivity index (χ0) is 22.9. The molecule has 3 amide bonds. The Labute approximate surface area is 187 Å². The van der Waals surface area contributed by atoms with Crippen molar-refractivity contribution in [3.8, 4) is 5.75 Å². The Morgan fingerprint density at radius 1 is 1.00 bits per heavy atom. The summed E-state index contributed by atoms with van der Waals surface area (Å²) in [7, 11) is 1.62. The molecule has 1 aliphatic rings. The molecule has 0 aliphatic carbocycles. The number of nitrogens with zero attached hydrogens (tertiary/aromatic N) is 2. The maximum Gasteiger partial charge on any atom is 0.243 e. The van der Waals surface area contributed by atoms with Crippen LogP contribution in [0.25, 0.3) is 10.9 Å². The number of rotatable bonds is 10. The lowest BCUT2D eigenvalue weighted by Gasteiger charge is -2.35. The minimum absolute atomic E-state index is 0.0627. The Kier molecular flexibility index (Phi) is 8.49. The number of H-pyrrole nitrogens is 1. The molecule has 1 aromatic carbocycles. The Hall–Kier alpha value is -3.07. The highest BCUT2D eigenvalue weighted by Crippen LogP contribution is 2.24. The van der Waals surface area contributed by atoms with Crippen LogP contribution in [0.2, 0.25) is 0 Å². The number of piperazine rings is 1. The number of benzene rings is 1. The quantitative estimate of drug-likeness (QED) is 0.295. The number of nitrogens with one attached hydrogen (secondary N) is 2. The van der Waals surface area contributed by atoms with Crippen molar-refractivity contribution in [2.45, 2.75) is 44.9 Å². The first-order valence-electron chi connectivity index (χ1n) is 11.1. The minimum Gasteiger partial charge on any atom is -0.497 e. The number of aromatic nitrogens is 1. The molecule has 3 N–H and O–H groups in total. The van der Waals surface area contributed by atoms with E-state index in [4.69, 9.17) is 9.94 Å². The molecule has 1 aliphatic heterocycles. The second-order valence-corrected chi connectivity index (χ2v) is 8.11. The number of fused-ring (bicyclic) bond motifs is 1. The Morgan fingerprint density at radius 3 is 2.31 bits per heavy atom. The van der Waals surface area contributed by atoms with E-state index in [1.807, 2.05) is 34.2 Å². The van der Waals surface area contributed by atoms with Gasteiger partial charge in [-0.05, 0) is 36.6 Å². The van der Waals surface area contributed by atoms with Gasteiger partial charge >= 0.3 is 0 Å². The fraction of sp³-hybridized carbons (Fsp3) is 0.522. The third-order valence-electron chi connectivity index (χ3n) is 5.97. The molecular weight excluding hydrogens is 412 g/mol. The number of methoxy groups -OCH3 is 1. The van der Waals surface area contributed by atoms with Crippen LogP contribution in [-0.4, -0.2) is 71.0 Å². The van der Waals surface area contributed by atoms with Gasteiger partial charge in [0.1, 0.15) is 5.75 Å². The molecule has 32 heavy (non-hydrogen) atoms. The molecule has 2 aromatic rings. The Balaban J connectivity index is 1.39. The number of aromatic amines is 1. The molecule has 3 rings (SSSR count). The van der Waals surface area contributed by atoms with Gasteiger partial charge < -0.3 is 19.5 Å². The van der Waals surface area contributed by atoms with Crippen LogP contribution in [0.1, 0.15) is 44.1 Å². The molecular formula is C23H32N4O5. The second kappa shape index (κ2) is 11.5. The molecule has 0 saturated carbocycles. The Bertz CT molecular complexity index is 934. The van der Waals surface area contributed by atoms with E-state index in [0.29, 0.717) is 51.9 Å². The van der Waals surface area contributed by atoms with E-state index in [1.54, 1.807) is 12.6 Å². The molecule has 0 radical (unpaired) electrons. The molecule has 174 valence electrons. The zero-order valence-corrected chi connectivity index (χ0v) is 18.6. The van der Waals surface area contributed by atoms with Crippen LogP contribution >= 0.6 is 0 Å². The van der Waals surface area contributed by atoms with Crippen molar-refractivity contribution < 1.29 is 24.3 Å². The summed E-state index contributed by atoms with van der Waals surface area (Å²) >= 11 is 0. The number of amides is 3. The monoisotopic (exact) mass is 444 g/mol. The predicted molar refractivity (Wildman–Crippen MR) is 119 cm³/mol. The Morgan fingerprint density at radius 2 is 1.66 bits per heavy atom. The standard InChI is InChI=1S/C23H32N4O5/c1-32-18-8-9-20-19(15-18)17(16-24-20)14-23(30)27-12-10-26(11-13-27)22(29)7-5-3-2-4-6-21(28)25-31/h8-9,15-16,24,31H,2-7,10-14H2,1H3,(H,25,28). The first-order chi connectivity index (χ1) is 15.5. The summed E-state index contributed by atoms with van der Waals surface area (Å²) in [4.78, 5) is 43.1. The SMILES string of the molecule is COc1ccc2[nH]cc(CC(=O)N3CCN(C(=O)CCCCCCC(=O)NO)CC3)c2c1. The summed E-state index contributed by atoms with van der Waals surface area (Å²) in [6, 6.07) is 5.77. The molecule has 0 spiro atoms. The minimum atomic E-state index is -0.377. The predicted octanol–water partition coefficient (Wildman–Crippen LogP) is 2.24. The van der Waals surface area contributed by atoms with Crippen LogP contribution in [-0.2, 0) is 20.8 Å². The number of hydroxylamine groups is 1. The summed E-state index contributed by atoms with van der Waals surface area (Å²) in [5.41, 5.74) is 3.53. The van der Waals surface area contributed by atoms with Gasteiger partial charge in [-0.1, -0.05) is 12.8 Å². The van der Waals surface area contributed by atoms with E-state index in [0.717, 1.165) is 41.5 Å². The molecule has 1 fully saturated rings. The van der Waals surface area contributed by atoms with Crippen LogP contribution in [0.5, 0.6) is 5.75 Å². The molecule has 2 heterocycles. The molecule has 9 heteroatoms. The number of ether oxygens (including phenoxy) is 1. The van der Waals surface area contributed by atoms with E-state index in [1.165, 1.54) is 0 Å². The van der Waals surface area contributed by atoms with Gasteiger partial charge in [-0.2, -0.15) is 0 Å². The number of carbonyl (C=O) groups excluding carboxylic acids is 3. The highest BCUT2D eigenvalue weighted by Gasteiger charge is 2.24. The van der Waals surface area contributed by atoms with Crippen molar-refractivity contribution in [3.05, 3.63) is 30.0 Å². The van der Waals surface area contributed by atoms with Crippen molar-refractivity contribution in [3.63, 3.8) is 0 Å². The summed E-state index contributed by atoms with van der Waals surface area (Å²) in [6.07, 6.45) is 6.17. The third-order valence-corrected chi connectivity index (χ3v) is 5.97. The second-order valence-electron chi connectivity index (χ2n) is 8.11. The summed E-state index contributed by atoms with van der Waals surface area (Å²) in [6.45, 7) is 2.21. The number of carbonyl (C=O) groups is 3. The smallest absolute Gasteiger partial charge is 0.243 e. The molecule has 1 aromatic heterocycles. The van der Waals surface area contributed by atoms with Crippen molar-refractivity contribution in [2.24, 2.45) is 0 Å². The number of hydrogen-bond acceptors (Lipinski definition) is 5. The van der Waals surface area contributed by atoms with Crippen LogP contribution < -0.4 is 10.2 Å². The fourth-order valence-corrected chi connectivity index (χ4v) is 4.04. The van der Waals surface area contributed by atoms with Gasteiger partial charge in [0.05, 0.1) is 13.5 Å². The maximum absolute atomic E-state index is 12.8. The summed E-state index contributed by atoms with van der Waals surface area (Å²) in [5.74, 6) is 0.563. The largest absolute Gasteiger partial charge is 0.497 e. The summed E-state index contributed by atoms with van der Waals surface area (Å²) in [5, 5.41) is 9.44. The fourth-order valence-electron chi connectivity index (χ4n) is 4.04. The molecule has 0 bridgehead atoms. The first kappa shape index (κ1) is 23.6. The van der Waals surface area contributed by atoms with E-state index < -0.39 is 0 Å². The van der Waals surface area contributed by atoms with E-state index in [2.05, 4.69) is 4.98 Å². The van der Waals surface area contributed by atoms with Crippen molar-refractivity contribution >= 4 is 28.6 Å². The topological polar surface area (TPSA) is 115 Å². The third kappa shape index (κ3) is 6.23. The van der Waals surface area contributed by atoms with Gasteiger partial charge in [0.15, 0.2) is 0 Å². The van der Waals surface area contributed by atoms with E-state index >= 15 is 0 Å². The van der Waals surface area contributed by atoms with Gasteiger partial charge in [0, 0.05) is 56.1 Å². The van der Waals surface area contributed by atoms with Gasteiger partial charge in [0.2, 0.25) is 17.7 Å². The van der Waals surface area contributed by atoms with Crippen molar-refractivity contribution in [1.29, 1.82) is 0 Å². The van der Waals surface area contributed by atoms with Gasteiger partial charge in [-0.25, -0.2) is 5.48 Å². The normalized spacial score (nSPS) is 13.9. The molecule has 0 unspecified atom stereocenters. The van der Waals surface area contributed by atoms with Crippen molar-refractivity contribution in [1.82, 2.24) is 20.3 Å². The van der Waals surface area contributed by atoms with Gasteiger partial charge in [-0.15, -0.1) is 0 Å². The van der Waals surface area contributed by atoms with E-state index in [-0.39, 0.29) is 17.7 Å². The number of unbranched alkanes of at least 4 members (excludes halogenated alkanes) is 3.